The summed E-state index contributed by atoms with van der Waals surface area (Å²) in [6, 6.07) is 0. The first-order valence-electron chi connectivity index (χ1n) is 6.43. The van der Waals surface area contributed by atoms with Crippen LogP contribution in [0.5, 0.6) is 0 Å². The third-order valence-electron chi connectivity index (χ3n) is 3.04. The molecule has 1 heterocycles. The van der Waals surface area contributed by atoms with E-state index in [-0.39, 0.29) is 25.3 Å². The highest BCUT2D eigenvalue weighted by Gasteiger charge is 2.30. The third kappa shape index (κ3) is 5.58. The Hall–Kier alpha value is -1.23. The molecule has 0 aliphatic carbocycles. The highest BCUT2D eigenvalue weighted by Crippen LogP contribution is 2.07. The Labute approximate surface area is 122 Å². The van der Waals surface area contributed by atoms with Crippen molar-refractivity contribution in [3.8, 4) is 0 Å². The van der Waals surface area contributed by atoms with E-state index < -0.39 is 34.0 Å². The van der Waals surface area contributed by atoms with E-state index in [2.05, 4.69) is 5.32 Å². The van der Waals surface area contributed by atoms with E-state index >= 15 is 0 Å². The van der Waals surface area contributed by atoms with Gasteiger partial charge < -0.3 is 20.3 Å². The number of carboxylic acids is 1. The zero-order valence-electron chi connectivity index (χ0n) is 11.7. The second-order valence-corrected chi connectivity index (χ2v) is 7.02. The monoisotopic (exact) mass is 324 g/mol. The fourth-order valence-electron chi connectivity index (χ4n) is 1.61. The summed E-state index contributed by atoms with van der Waals surface area (Å²) in [5.74, 6) is -2.47. The Morgan fingerprint density at radius 3 is 2.43 bits per heavy atom. The summed E-state index contributed by atoms with van der Waals surface area (Å²) in [7, 11) is -3.53. The van der Waals surface area contributed by atoms with Crippen molar-refractivity contribution >= 4 is 21.9 Å². The summed E-state index contributed by atoms with van der Waals surface area (Å²) in [6.45, 7) is 1.73. The first-order chi connectivity index (χ1) is 9.65. The Morgan fingerprint density at radius 1 is 1.33 bits per heavy atom. The summed E-state index contributed by atoms with van der Waals surface area (Å²) in [5.41, 5.74) is -2.08. The quantitative estimate of drug-likeness (QED) is 0.493. The number of carboxylic acid groups (broad SMARTS) is 1. The molecule has 0 bridgehead atoms. The molecule has 1 aliphatic heterocycles. The molecule has 9 nitrogen and oxygen atoms in total. The lowest BCUT2D eigenvalue weighted by Gasteiger charge is -2.26. The first kappa shape index (κ1) is 17.8. The van der Waals surface area contributed by atoms with Crippen molar-refractivity contribution < 1.29 is 33.0 Å². The van der Waals surface area contributed by atoms with Crippen LogP contribution in [0.4, 0.5) is 0 Å². The maximum Gasteiger partial charge on any atom is 0.337 e. The van der Waals surface area contributed by atoms with E-state index in [1.165, 1.54) is 4.31 Å². The first-order valence-corrected chi connectivity index (χ1v) is 8.04. The lowest BCUT2D eigenvalue weighted by Crippen LogP contribution is -2.47. The molecule has 0 radical (unpaired) electrons. The molecule has 1 saturated heterocycles. The molecule has 1 atom stereocenters. The van der Waals surface area contributed by atoms with Gasteiger partial charge in [0.1, 0.15) is 0 Å². The molecule has 21 heavy (non-hydrogen) atoms. The zero-order valence-corrected chi connectivity index (χ0v) is 12.6. The fourth-order valence-corrected chi connectivity index (χ4v) is 3.02. The van der Waals surface area contributed by atoms with E-state index in [9.17, 15) is 23.1 Å². The molecule has 0 aromatic heterocycles. The molecule has 1 aliphatic rings. The topological polar surface area (TPSA) is 133 Å². The lowest BCUT2D eigenvalue weighted by atomic mass is 10.1. The van der Waals surface area contributed by atoms with Crippen molar-refractivity contribution in [3.63, 3.8) is 0 Å². The van der Waals surface area contributed by atoms with Gasteiger partial charge >= 0.3 is 5.97 Å². The van der Waals surface area contributed by atoms with Crippen LogP contribution in [0.2, 0.25) is 0 Å². The van der Waals surface area contributed by atoms with Gasteiger partial charge in [0.05, 0.1) is 25.5 Å². The number of sulfonamides is 1. The molecule has 1 fully saturated rings. The Kier molecular flexibility index (Phi) is 6.08. The number of hydrogen-bond acceptors (Lipinski definition) is 6. The summed E-state index contributed by atoms with van der Waals surface area (Å²) in [4.78, 5) is 22.2. The van der Waals surface area contributed by atoms with E-state index in [0.29, 0.717) is 13.2 Å². The van der Waals surface area contributed by atoms with Gasteiger partial charge in [0, 0.05) is 19.5 Å². The number of aliphatic hydroxyl groups is 1. The smallest absolute Gasteiger partial charge is 0.337 e. The minimum absolute atomic E-state index is 0.262. The number of morpholine rings is 1. The van der Waals surface area contributed by atoms with Gasteiger partial charge in [-0.15, -0.1) is 0 Å². The van der Waals surface area contributed by atoms with Crippen molar-refractivity contribution in [2.45, 2.75) is 18.9 Å². The van der Waals surface area contributed by atoms with Gasteiger partial charge in [-0.1, -0.05) is 0 Å². The molecule has 1 unspecified atom stereocenters. The van der Waals surface area contributed by atoms with Gasteiger partial charge in [-0.25, -0.2) is 13.2 Å². The van der Waals surface area contributed by atoms with E-state index in [4.69, 9.17) is 9.84 Å². The highest BCUT2D eigenvalue weighted by atomic mass is 32.2. The molecule has 0 spiro atoms. The number of carbonyl (C=O) groups is 2. The van der Waals surface area contributed by atoms with Crippen molar-refractivity contribution in [2.75, 3.05) is 38.6 Å². The van der Waals surface area contributed by atoms with Crippen LogP contribution in [0.15, 0.2) is 0 Å². The minimum atomic E-state index is -3.53. The Morgan fingerprint density at radius 2 is 1.90 bits per heavy atom. The molecule has 3 N–H and O–H groups in total. The molecular formula is C11H20N2O7S. The van der Waals surface area contributed by atoms with Gasteiger partial charge in [0.2, 0.25) is 15.9 Å². The summed E-state index contributed by atoms with van der Waals surface area (Å²) < 4.78 is 30.2. The predicted molar refractivity (Wildman–Crippen MR) is 72.1 cm³/mol. The minimum Gasteiger partial charge on any atom is -0.479 e. The number of nitrogens with one attached hydrogen (secondary N) is 1. The number of rotatable bonds is 7. The van der Waals surface area contributed by atoms with E-state index in [0.717, 1.165) is 6.92 Å². The van der Waals surface area contributed by atoms with Gasteiger partial charge in [0.25, 0.3) is 0 Å². The van der Waals surface area contributed by atoms with E-state index in [1.54, 1.807) is 0 Å². The van der Waals surface area contributed by atoms with Crippen LogP contribution in [-0.2, 0) is 24.3 Å². The second-order valence-electron chi connectivity index (χ2n) is 4.93. The molecule has 10 heteroatoms. The van der Waals surface area contributed by atoms with Crippen LogP contribution in [-0.4, -0.2) is 79.0 Å². The SMILES string of the molecule is CC(O)(CNC(=O)CCS(=O)(=O)N1CCOCC1)C(=O)O. The summed E-state index contributed by atoms with van der Waals surface area (Å²) in [5, 5.41) is 20.3. The number of hydrogen-bond donors (Lipinski definition) is 3. The number of aliphatic carboxylic acids is 1. The van der Waals surface area contributed by atoms with Crippen LogP contribution >= 0.6 is 0 Å². The fraction of sp³-hybridized carbons (Fsp3) is 0.818. The number of carbonyl (C=O) groups excluding carboxylic acids is 1. The van der Waals surface area contributed by atoms with Gasteiger partial charge in [0.15, 0.2) is 5.60 Å². The van der Waals surface area contributed by atoms with Crippen molar-refractivity contribution in [3.05, 3.63) is 0 Å². The third-order valence-corrected chi connectivity index (χ3v) is 4.91. The maximum atomic E-state index is 11.9. The molecule has 122 valence electrons. The second kappa shape index (κ2) is 7.16. The molecule has 1 amide bonds. The Bertz CT molecular complexity index is 483. The molecule has 0 aromatic carbocycles. The van der Waals surface area contributed by atoms with Crippen LogP contribution in [0, 0.1) is 0 Å². The van der Waals surface area contributed by atoms with Crippen LogP contribution in [0.1, 0.15) is 13.3 Å². The zero-order chi connectivity index (χ0) is 16.1. The van der Waals surface area contributed by atoms with Crippen molar-refractivity contribution in [1.29, 1.82) is 0 Å². The van der Waals surface area contributed by atoms with Crippen molar-refractivity contribution in [1.82, 2.24) is 9.62 Å². The Balaban J connectivity index is 2.40. The van der Waals surface area contributed by atoms with Crippen LogP contribution < -0.4 is 5.32 Å². The number of ether oxygens (including phenoxy) is 1. The maximum absolute atomic E-state index is 11.9. The molecule has 0 saturated carbocycles. The average Bonchev–Trinajstić information content (AvgIpc) is 2.44. The number of nitrogens with zero attached hydrogens (tertiary/aromatic N) is 1. The lowest BCUT2D eigenvalue weighted by molar-refractivity contribution is -0.156. The average molecular weight is 324 g/mol. The highest BCUT2D eigenvalue weighted by molar-refractivity contribution is 7.89. The van der Waals surface area contributed by atoms with Crippen LogP contribution in [0.25, 0.3) is 0 Å². The molecular weight excluding hydrogens is 304 g/mol. The molecule has 0 aromatic rings. The van der Waals surface area contributed by atoms with Gasteiger partial charge in [-0.05, 0) is 6.92 Å². The van der Waals surface area contributed by atoms with Gasteiger partial charge in [-0.3, -0.25) is 4.79 Å². The van der Waals surface area contributed by atoms with E-state index in [1.807, 2.05) is 0 Å². The predicted octanol–water partition coefficient (Wildman–Crippen LogP) is -2.01. The van der Waals surface area contributed by atoms with Gasteiger partial charge in [-0.2, -0.15) is 4.31 Å². The largest absolute Gasteiger partial charge is 0.479 e. The standard InChI is InChI=1S/C11H20N2O7S/c1-11(17,10(15)16)8-12-9(14)2-7-21(18,19)13-3-5-20-6-4-13/h17H,2-8H2,1H3,(H,12,14)(H,15,16). The van der Waals surface area contributed by atoms with Crippen molar-refractivity contribution in [2.24, 2.45) is 0 Å². The molecule has 1 rings (SSSR count). The van der Waals surface area contributed by atoms with Crippen LogP contribution in [0.3, 0.4) is 0 Å². The summed E-state index contributed by atoms with van der Waals surface area (Å²) >= 11 is 0. The normalized spacial score (nSPS) is 19.7. The summed E-state index contributed by atoms with van der Waals surface area (Å²) in [6.07, 6.45) is -0.296. The number of amides is 1.